The largest absolute Gasteiger partial charge is 0.508 e. The maximum Gasteiger partial charge on any atom is 0.127 e. The van der Waals surface area contributed by atoms with Crippen LogP contribution in [-0.2, 0) is 6.42 Å². The van der Waals surface area contributed by atoms with Gasteiger partial charge in [-0.2, -0.15) is 0 Å². The highest BCUT2D eigenvalue weighted by atomic mass is 16.5. The number of hydrogen-bond donors (Lipinski definition) is 1. The highest BCUT2D eigenvalue weighted by Gasteiger charge is 2.69. The Morgan fingerprint density at radius 3 is 2.74 bits per heavy atom. The van der Waals surface area contributed by atoms with Crippen LogP contribution in [0.4, 0.5) is 0 Å². The molecule has 2 fully saturated rings. The summed E-state index contributed by atoms with van der Waals surface area (Å²) < 4.78 is 6.51. The molecule has 1 aromatic rings. The fourth-order valence-electron chi connectivity index (χ4n) is 5.92. The Balaban J connectivity index is 1.73. The lowest BCUT2D eigenvalue weighted by Crippen LogP contribution is -2.59. The van der Waals surface area contributed by atoms with Gasteiger partial charge in [0, 0.05) is 17.4 Å². The van der Waals surface area contributed by atoms with E-state index in [2.05, 4.69) is 33.8 Å². The SMILES string of the molecule is CCCCCc1cc(O)c2c(c1)OC1(C)CCC3[C@H]1[C@@H]2C3(C)C. The molecule has 23 heavy (non-hydrogen) atoms. The lowest BCUT2D eigenvalue weighted by molar-refractivity contribution is -0.121. The summed E-state index contributed by atoms with van der Waals surface area (Å²) in [5.41, 5.74) is 2.58. The van der Waals surface area contributed by atoms with Crippen LogP contribution >= 0.6 is 0 Å². The van der Waals surface area contributed by atoms with Gasteiger partial charge >= 0.3 is 0 Å². The van der Waals surface area contributed by atoms with Gasteiger partial charge in [0.2, 0.25) is 0 Å². The van der Waals surface area contributed by atoms with Crippen molar-refractivity contribution < 1.29 is 9.84 Å². The van der Waals surface area contributed by atoms with Gasteiger partial charge in [-0.05, 0) is 61.6 Å². The zero-order valence-corrected chi connectivity index (χ0v) is 15.0. The Kier molecular flexibility index (Phi) is 3.28. The Bertz CT molecular complexity index is 633. The minimum absolute atomic E-state index is 0.0215. The van der Waals surface area contributed by atoms with Gasteiger partial charge in [-0.15, -0.1) is 0 Å². The monoisotopic (exact) mass is 314 g/mol. The topological polar surface area (TPSA) is 29.5 Å². The molecule has 0 radical (unpaired) electrons. The maximum absolute atomic E-state index is 10.7. The van der Waals surface area contributed by atoms with Crippen LogP contribution in [-0.4, -0.2) is 10.7 Å². The summed E-state index contributed by atoms with van der Waals surface area (Å²) in [6.07, 6.45) is 7.12. The second kappa shape index (κ2) is 4.91. The molecular formula is C21H30O2. The van der Waals surface area contributed by atoms with Crippen molar-refractivity contribution in [2.75, 3.05) is 0 Å². The fourth-order valence-corrected chi connectivity index (χ4v) is 5.92. The molecule has 4 atom stereocenters. The summed E-state index contributed by atoms with van der Waals surface area (Å²) >= 11 is 0. The predicted molar refractivity (Wildman–Crippen MR) is 93.1 cm³/mol. The van der Waals surface area contributed by atoms with E-state index >= 15 is 0 Å². The van der Waals surface area contributed by atoms with Gasteiger partial charge in [-0.3, -0.25) is 0 Å². The number of hydrogen-bond acceptors (Lipinski definition) is 2. The van der Waals surface area contributed by atoms with Gasteiger partial charge in [-0.1, -0.05) is 33.6 Å². The number of benzene rings is 1. The first-order valence-corrected chi connectivity index (χ1v) is 9.43. The fraction of sp³-hybridized carbons (Fsp3) is 0.714. The number of aryl methyl sites for hydroxylation is 1. The van der Waals surface area contributed by atoms with E-state index in [0.717, 1.165) is 30.1 Å². The van der Waals surface area contributed by atoms with Crippen LogP contribution in [0.15, 0.2) is 12.1 Å². The normalized spacial score (nSPS) is 35.9. The molecule has 1 heterocycles. The number of fused-ring (bicyclic) bond motifs is 2. The smallest absolute Gasteiger partial charge is 0.127 e. The summed E-state index contributed by atoms with van der Waals surface area (Å²) in [6, 6.07) is 4.22. The van der Waals surface area contributed by atoms with E-state index < -0.39 is 0 Å². The molecule has 2 nitrogen and oxygen atoms in total. The van der Waals surface area contributed by atoms with Crippen molar-refractivity contribution in [2.45, 2.75) is 77.7 Å². The molecule has 0 saturated heterocycles. The van der Waals surface area contributed by atoms with Crippen LogP contribution in [0.2, 0.25) is 0 Å². The van der Waals surface area contributed by atoms with Gasteiger partial charge in [0.1, 0.15) is 17.1 Å². The molecule has 4 rings (SSSR count). The van der Waals surface area contributed by atoms with Gasteiger partial charge in [0.15, 0.2) is 0 Å². The minimum atomic E-state index is -0.0215. The van der Waals surface area contributed by atoms with E-state index in [1.165, 1.54) is 31.2 Å². The standard InChI is InChI=1S/C21H30O2/c1-5-6-7-8-13-11-15(22)17-16(12-13)23-21(4)10-9-14-18(21)19(17)20(14,2)3/h11-12,14,18-19,22H,5-10H2,1-4H3/t14?,18-,19+,21?/m0/s1. The van der Waals surface area contributed by atoms with Crippen LogP contribution in [0.5, 0.6) is 11.5 Å². The van der Waals surface area contributed by atoms with Crippen LogP contribution < -0.4 is 4.74 Å². The first kappa shape index (κ1) is 15.4. The van der Waals surface area contributed by atoms with Crippen molar-refractivity contribution >= 4 is 0 Å². The molecule has 2 heteroatoms. The third-order valence-corrected chi connectivity index (χ3v) is 7.11. The summed E-state index contributed by atoms with van der Waals surface area (Å²) in [5, 5.41) is 10.7. The van der Waals surface area contributed by atoms with Crippen molar-refractivity contribution in [1.29, 1.82) is 0 Å². The van der Waals surface area contributed by atoms with Crippen molar-refractivity contribution in [3.63, 3.8) is 0 Å². The van der Waals surface area contributed by atoms with E-state index in [9.17, 15) is 5.11 Å². The zero-order chi connectivity index (χ0) is 16.4. The Morgan fingerprint density at radius 2 is 2.00 bits per heavy atom. The summed E-state index contributed by atoms with van der Waals surface area (Å²) in [5.74, 6) is 3.22. The Morgan fingerprint density at radius 1 is 1.22 bits per heavy atom. The van der Waals surface area contributed by atoms with E-state index in [4.69, 9.17) is 4.74 Å². The van der Waals surface area contributed by atoms with E-state index in [1.807, 2.05) is 6.07 Å². The molecule has 0 amide bonds. The molecule has 0 aromatic heterocycles. The number of phenolic OH excluding ortho intramolecular Hbond substituents is 1. The lowest BCUT2D eigenvalue weighted by Gasteiger charge is -2.62. The van der Waals surface area contributed by atoms with Crippen molar-refractivity contribution in [2.24, 2.45) is 17.3 Å². The lowest BCUT2D eigenvalue weighted by atomic mass is 9.45. The highest BCUT2D eigenvalue weighted by Crippen LogP contribution is 2.74. The molecule has 1 N–H and O–H groups in total. The molecule has 2 unspecified atom stereocenters. The molecule has 1 aromatic carbocycles. The van der Waals surface area contributed by atoms with Gasteiger partial charge in [-0.25, -0.2) is 0 Å². The van der Waals surface area contributed by atoms with Crippen LogP contribution in [0.25, 0.3) is 0 Å². The molecule has 3 aliphatic rings. The quantitative estimate of drug-likeness (QED) is 0.751. The van der Waals surface area contributed by atoms with Crippen LogP contribution in [0.1, 0.15) is 76.8 Å². The van der Waals surface area contributed by atoms with Gasteiger partial charge in [0.25, 0.3) is 0 Å². The molecule has 0 spiro atoms. The third-order valence-electron chi connectivity index (χ3n) is 7.11. The first-order valence-electron chi connectivity index (χ1n) is 9.43. The van der Waals surface area contributed by atoms with Gasteiger partial charge < -0.3 is 9.84 Å². The molecule has 2 saturated carbocycles. The zero-order valence-electron chi connectivity index (χ0n) is 15.0. The summed E-state index contributed by atoms with van der Waals surface area (Å²) in [7, 11) is 0. The number of rotatable bonds is 4. The van der Waals surface area contributed by atoms with E-state index in [-0.39, 0.29) is 11.0 Å². The maximum atomic E-state index is 10.7. The molecule has 126 valence electrons. The van der Waals surface area contributed by atoms with Crippen molar-refractivity contribution in [3.8, 4) is 11.5 Å². The molecule has 0 bridgehead atoms. The number of aromatic hydroxyl groups is 1. The number of phenols is 1. The highest BCUT2D eigenvalue weighted by molar-refractivity contribution is 5.55. The third kappa shape index (κ3) is 1.99. The predicted octanol–water partition coefficient (Wildman–Crippen LogP) is 5.43. The van der Waals surface area contributed by atoms with Gasteiger partial charge in [0.05, 0.1) is 0 Å². The minimum Gasteiger partial charge on any atom is -0.508 e. The van der Waals surface area contributed by atoms with Crippen LogP contribution in [0, 0.1) is 17.3 Å². The molecule has 2 aliphatic carbocycles. The molecule has 1 aliphatic heterocycles. The van der Waals surface area contributed by atoms with E-state index in [0.29, 0.717) is 17.6 Å². The van der Waals surface area contributed by atoms with Crippen molar-refractivity contribution in [3.05, 3.63) is 23.3 Å². The number of ether oxygens (including phenoxy) is 1. The average Bonchev–Trinajstić information content (AvgIpc) is 2.81. The second-order valence-corrected chi connectivity index (χ2v) is 8.87. The Hall–Kier alpha value is -1.18. The molecular weight excluding hydrogens is 284 g/mol. The van der Waals surface area contributed by atoms with Crippen molar-refractivity contribution in [1.82, 2.24) is 0 Å². The average molecular weight is 314 g/mol. The Labute approximate surface area is 140 Å². The summed E-state index contributed by atoms with van der Waals surface area (Å²) in [6.45, 7) is 9.29. The second-order valence-electron chi connectivity index (χ2n) is 8.87. The first-order chi connectivity index (χ1) is 10.9. The van der Waals surface area contributed by atoms with E-state index in [1.54, 1.807) is 0 Å². The van der Waals surface area contributed by atoms with Crippen LogP contribution in [0.3, 0.4) is 0 Å². The number of unbranched alkanes of at least 4 members (excludes halogenated alkanes) is 2. The summed E-state index contributed by atoms with van der Waals surface area (Å²) in [4.78, 5) is 0.